The van der Waals surface area contributed by atoms with E-state index in [1.165, 1.54) is 24.3 Å². The molecule has 0 aliphatic carbocycles. The lowest BCUT2D eigenvalue weighted by molar-refractivity contribution is -0.387. The third-order valence-electron chi connectivity index (χ3n) is 2.18. The SMILES string of the molecule is CC(=O)c1cc([N+](=O)[O-])c(Sc2nnc(N(C)C)s2)s1. The minimum atomic E-state index is -0.487. The summed E-state index contributed by atoms with van der Waals surface area (Å²) in [6.07, 6.45) is 0. The van der Waals surface area contributed by atoms with Crippen LogP contribution in [0.15, 0.2) is 14.6 Å². The lowest BCUT2D eigenvalue weighted by atomic mass is 10.3. The van der Waals surface area contributed by atoms with E-state index in [2.05, 4.69) is 10.2 Å². The summed E-state index contributed by atoms with van der Waals surface area (Å²) < 4.78 is 1.05. The van der Waals surface area contributed by atoms with Crippen molar-refractivity contribution in [1.29, 1.82) is 0 Å². The van der Waals surface area contributed by atoms with Gasteiger partial charge in [0.1, 0.15) is 4.21 Å². The molecule has 2 heterocycles. The van der Waals surface area contributed by atoms with E-state index in [1.807, 2.05) is 19.0 Å². The molecule has 0 saturated heterocycles. The van der Waals surface area contributed by atoms with Crippen molar-refractivity contribution in [2.45, 2.75) is 15.5 Å². The number of thiophene rings is 1. The third kappa shape index (κ3) is 3.14. The van der Waals surface area contributed by atoms with Gasteiger partial charge in [-0.1, -0.05) is 11.3 Å². The molecule has 0 spiro atoms. The number of aromatic nitrogens is 2. The van der Waals surface area contributed by atoms with Crippen LogP contribution in [0.5, 0.6) is 0 Å². The smallest absolute Gasteiger partial charge is 0.294 e. The molecule has 2 rings (SSSR count). The molecule has 106 valence electrons. The Hall–Kier alpha value is -1.52. The number of nitrogens with zero attached hydrogens (tertiary/aromatic N) is 4. The fraction of sp³-hybridized carbons (Fsp3) is 0.300. The zero-order valence-electron chi connectivity index (χ0n) is 10.8. The summed E-state index contributed by atoms with van der Waals surface area (Å²) >= 11 is 3.61. The van der Waals surface area contributed by atoms with Crippen LogP contribution >= 0.6 is 34.4 Å². The second kappa shape index (κ2) is 5.85. The first kappa shape index (κ1) is 14.9. The minimum Gasteiger partial charge on any atom is -0.353 e. The predicted octanol–water partition coefficient (Wildman–Crippen LogP) is 2.93. The molecule has 0 aliphatic heterocycles. The maximum Gasteiger partial charge on any atom is 0.294 e. The van der Waals surface area contributed by atoms with Gasteiger partial charge in [-0.05, 0) is 18.7 Å². The van der Waals surface area contributed by atoms with Gasteiger partial charge < -0.3 is 4.90 Å². The largest absolute Gasteiger partial charge is 0.353 e. The molecule has 0 amide bonds. The van der Waals surface area contributed by atoms with Crippen molar-refractivity contribution in [2.24, 2.45) is 0 Å². The highest BCUT2D eigenvalue weighted by Crippen LogP contribution is 2.43. The molecular weight excluding hydrogens is 320 g/mol. The summed E-state index contributed by atoms with van der Waals surface area (Å²) in [4.78, 5) is 24.0. The zero-order chi connectivity index (χ0) is 14.9. The van der Waals surface area contributed by atoms with Crippen molar-refractivity contribution in [3.63, 3.8) is 0 Å². The Morgan fingerprint density at radius 2 is 2.10 bits per heavy atom. The maximum absolute atomic E-state index is 11.3. The Labute approximate surface area is 126 Å². The summed E-state index contributed by atoms with van der Waals surface area (Å²) in [6.45, 7) is 1.39. The van der Waals surface area contributed by atoms with E-state index in [-0.39, 0.29) is 11.5 Å². The molecule has 20 heavy (non-hydrogen) atoms. The lowest BCUT2D eigenvalue weighted by Crippen LogP contribution is -2.07. The van der Waals surface area contributed by atoms with Crippen molar-refractivity contribution < 1.29 is 9.72 Å². The van der Waals surface area contributed by atoms with E-state index in [0.717, 1.165) is 28.2 Å². The summed E-state index contributed by atoms with van der Waals surface area (Å²) in [5.41, 5.74) is -0.0631. The molecule has 0 fully saturated rings. The summed E-state index contributed by atoms with van der Waals surface area (Å²) in [7, 11) is 3.69. The van der Waals surface area contributed by atoms with E-state index < -0.39 is 4.92 Å². The zero-order valence-corrected chi connectivity index (χ0v) is 13.3. The van der Waals surface area contributed by atoms with Crippen LogP contribution in [-0.4, -0.2) is 35.0 Å². The molecule has 0 unspecified atom stereocenters. The number of hydrogen-bond acceptors (Lipinski definition) is 9. The van der Waals surface area contributed by atoms with Gasteiger partial charge in [0, 0.05) is 20.2 Å². The van der Waals surface area contributed by atoms with E-state index in [1.54, 1.807) is 0 Å². The molecule has 2 aromatic rings. The van der Waals surface area contributed by atoms with Crippen LogP contribution < -0.4 is 4.90 Å². The van der Waals surface area contributed by atoms with Crippen molar-refractivity contribution in [3.05, 3.63) is 21.1 Å². The second-order valence-electron chi connectivity index (χ2n) is 3.94. The maximum atomic E-state index is 11.3. The number of rotatable bonds is 5. The molecule has 10 heteroatoms. The van der Waals surface area contributed by atoms with Crippen LogP contribution in [0.2, 0.25) is 0 Å². The molecule has 0 aromatic carbocycles. The fourth-order valence-corrected chi connectivity index (χ4v) is 4.45. The number of anilines is 1. The summed E-state index contributed by atoms with van der Waals surface area (Å²) in [5.74, 6) is -0.184. The van der Waals surface area contributed by atoms with Crippen LogP contribution in [-0.2, 0) is 0 Å². The molecule has 0 atom stereocenters. The number of hydrogen-bond donors (Lipinski definition) is 0. The second-order valence-corrected chi connectivity index (χ2v) is 7.47. The Bertz CT molecular complexity index is 665. The number of nitro groups is 1. The Morgan fingerprint density at radius 1 is 1.40 bits per heavy atom. The van der Waals surface area contributed by atoms with Crippen LogP contribution in [0.1, 0.15) is 16.6 Å². The first-order valence-corrected chi connectivity index (χ1v) is 7.81. The molecule has 0 bridgehead atoms. The van der Waals surface area contributed by atoms with Crippen LogP contribution in [0.4, 0.5) is 10.8 Å². The van der Waals surface area contributed by atoms with Gasteiger partial charge in [0.2, 0.25) is 5.13 Å². The van der Waals surface area contributed by atoms with E-state index >= 15 is 0 Å². The van der Waals surface area contributed by atoms with Gasteiger partial charge in [0.15, 0.2) is 10.1 Å². The van der Waals surface area contributed by atoms with Crippen molar-refractivity contribution in [2.75, 3.05) is 19.0 Å². The van der Waals surface area contributed by atoms with Gasteiger partial charge in [0.25, 0.3) is 5.69 Å². The van der Waals surface area contributed by atoms with E-state index in [0.29, 0.717) is 13.4 Å². The number of carbonyl (C=O) groups excluding carboxylic acids is 1. The summed E-state index contributed by atoms with van der Waals surface area (Å²) in [5, 5.41) is 19.7. The molecule has 0 N–H and O–H groups in total. The van der Waals surface area contributed by atoms with Crippen molar-refractivity contribution in [1.82, 2.24) is 10.2 Å². The Morgan fingerprint density at radius 3 is 2.60 bits per heavy atom. The highest BCUT2D eigenvalue weighted by atomic mass is 32.2. The third-order valence-corrected chi connectivity index (χ3v) is 5.74. The number of carbonyl (C=O) groups is 1. The number of Topliss-reactive ketones (excluding diaryl/α,β-unsaturated/α-hetero) is 1. The Balaban J connectivity index is 2.31. The van der Waals surface area contributed by atoms with Crippen LogP contribution in [0, 0.1) is 10.1 Å². The predicted molar refractivity (Wildman–Crippen MR) is 79.3 cm³/mol. The minimum absolute atomic E-state index is 0.0631. The molecule has 2 aromatic heterocycles. The standard InChI is InChI=1S/C10H10N4O3S3/c1-5(15)7-4-6(14(16)17)8(18-7)19-10-12-11-9(20-10)13(2)3/h4H,1-3H3. The highest BCUT2D eigenvalue weighted by molar-refractivity contribution is 8.03. The number of ketones is 1. The van der Waals surface area contributed by atoms with Crippen LogP contribution in [0.3, 0.4) is 0 Å². The lowest BCUT2D eigenvalue weighted by Gasteiger charge is -2.03. The van der Waals surface area contributed by atoms with Gasteiger partial charge in [-0.3, -0.25) is 14.9 Å². The molecular formula is C10H10N4O3S3. The van der Waals surface area contributed by atoms with Gasteiger partial charge >= 0.3 is 0 Å². The van der Waals surface area contributed by atoms with Crippen molar-refractivity contribution >= 4 is 51.0 Å². The topological polar surface area (TPSA) is 89.2 Å². The first-order chi connectivity index (χ1) is 9.38. The fourth-order valence-electron chi connectivity index (χ4n) is 1.24. The highest BCUT2D eigenvalue weighted by Gasteiger charge is 2.23. The van der Waals surface area contributed by atoms with Gasteiger partial charge in [-0.25, -0.2) is 0 Å². The quantitative estimate of drug-likeness (QED) is 0.473. The van der Waals surface area contributed by atoms with Crippen LogP contribution in [0.25, 0.3) is 0 Å². The van der Waals surface area contributed by atoms with Crippen molar-refractivity contribution in [3.8, 4) is 0 Å². The molecule has 7 nitrogen and oxygen atoms in total. The summed E-state index contributed by atoms with van der Waals surface area (Å²) in [6, 6.07) is 1.31. The monoisotopic (exact) mass is 330 g/mol. The molecule has 0 radical (unpaired) electrons. The van der Waals surface area contributed by atoms with Gasteiger partial charge in [-0.15, -0.1) is 21.5 Å². The average molecular weight is 330 g/mol. The molecule has 0 aliphatic rings. The first-order valence-electron chi connectivity index (χ1n) is 5.36. The van der Waals surface area contributed by atoms with E-state index in [4.69, 9.17) is 0 Å². The van der Waals surface area contributed by atoms with Gasteiger partial charge in [-0.2, -0.15) is 0 Å². The van der Waals surface area contributed by atoms with E-state index in [9.17, 15) is 14.9 Å². The molecule has 0 saturated carbocycles. The normalized spacial score (nSPS) is 10.6. The Kier molecular flexibility index (Phi) is 4.35. The average Bonchev–Trinajstić information content (AvgIpc) is 2.96. The van der Waals surface area contributed by atoms with Gasteiger partial charge in [0.05, 0.1) is 9.80 Å².